The number of likely N-dealkylation sites (N-methyl/N-ethyl adjacent to an activating group) is 1. The van der Waals surface area contributed by atoms with Crippen molar-refractivity contribution in [3.63, 3.8) is 0 Å². The normalized spacial score (nSPS) is 11.7. The number of benzene rings is 1. The number of fused-ring (bicyclic) bond motifs is 1. The van der Waals surface area contributed by atoms with E-state index in [9.17, 15) is 0 Å². The van der Waals surface area contributed by atoms with Crippen molar-refractivity contribution >= 4 is 34.2 Å². The van der Waals surface area contributed by atoms with E-state index in [1.807, 2.05) is 32.3 Å². The molecule has 0 aliphatic rings. The molecule has 0 saturated heterocycles. The van der Waals surface area contributed by atoms with Crippen LogP contribution in [0.5, 0.6) is 0 Å². The van der Waals surface area contributed by atoms with E-state index in [0.29, 0.717) is 17.5 Å². The van der Waals surface area contributed by atoms with Crippen molar-refractivity contribution in [1.29, 1.82) is 0 Å². The summed E-state index contributed by atoms with van der Waals surface area (Å²) in [6.07, 6.45) is 0.726. The van der Waals surface area contributed by atoms with Gasteiger partial charge in [-0.25, -0.2) is 4.98 Å². The molecule has 2 rings (SSSR count). The molecular formula is C15H21Cl2N3O. The minimum atomic E-state index is 0.544. The maximum absolute atomic E-state index is 6.22. The zero-order valence-electron chi connectivity index (χ0n) is 12.5. The highest BCUT2D eigenvalue weighted by Crippen LogP contribution is 2.24. The maximum Gasteiger partial charge on any atom is 0.111 e. The number of para-hydroxylation sites is 1. The molecule has 21 heavy (non-hydrogen) atoms. The molecule has 1 aromatic carbocycles. The van der Waals surface area contributed by atoms with E-state index in [-0.39, 0.29) is 0 Å². The Morgan fingerprint density at radius 2 is 2.10 bits per heavy atom. The fourth-order valence-electron chi connectivity index (χ4n) is 2.19. The van der Waals surface area contributed by atoms with Gasteiger partial charge in [-0.05, 0) is 26.2 Å². The predicted molar refractivity (Wildman–Crippen MR) is 88.5 cm³/mol. The Morgan fingerprint density at radius 3 is 2.81 bits per heavy atom. The van der Waals surface area contributed by atoms with Crippen molar-refractivity contribution in [3.8, 4) is 0 Å². The first-order chi connectivity index (χ1) is 10.1. The summed E-state index contributed by atoms with van der Waals surface area (Å²) in [7, 11) is 4.07. The molecule has 1 aromatic heterocycles. The zero-order valence-corrected chi connectivity index (χ0v) is 14.0. The van der Waals surface area contributed by atoms with Gasteiger partial charge in [0.05, 0.1) is 23.8 Å². The smallest absolute Gasteiger partial charge is 0.111 e. The van der Waals surface area contributed by atoms with Crippen LogP contribution in [0.25, 0.3) is 11.0 Å². The molecule has 0 aliphatic carbocycles. The van der Waals surface area contributed by atoms with Gasteiger partial charge in [0, 0.05) is 25.4 Å². The molecule has 0 spiro atoms. The van der Waals surface area contributed by atoms with Gasteiger partial charge in [-0.2, -0.15) is 0 Å². The third kappa shape index (κ3) is 4.33. The van der Waals surface area contributed by atoms with Gasteiger partial charge >= 0.3 is 0 Å². The Kier molecular flexibility index (Phi) is 6.30. The summed E-state index contributed by atoms with van der Waals surface area (Å²) in [6.45, 7) is 3.06. The van der Waals surface area contributed by atoms with Gasteiger partial charge in [0.1, 0.15) is 11.3 Å². The van der Waals surface area contributed by atoms with Crippen LogP contribution in [-0.4, -0.2) is 54.2 Å². The molecule has 0 atom stereocenters. The molecule has 0 N–H and O–H groups in total. The highest BCUT2D eigenvalue weighted by atomic mass is 35.5. The highest BCUT2D eigenvalue weighted by Gasteiger charge is 2.12. The lowest BCUT2D eigenvalue weighted by molar-refractivity contribution is 0.111. The number of halogens is 2. The van der Waals surface area contributed by atoms with Crippen LogP contribution in [0.3, 0.4) is 0 Å². The Labute approximate surface area is 135 Å². The molecule has 6 heteroatoms. The van der Waals surface area contributed by atoms with Crippen molar-refractivity contribution in [2.75, 3.05) is 39.7 Å². The van der Waals surface area contributed by atoms with Gasteiger partial charge in [0.25, 0.3) is 0 Å². The Balaban J connectivity index is 2.09. The first-order valence-electron chi connectivity index (χ1n) is 7.05. The van der Waals surface area contributed by atoms with Crippen LogP contribution in [0.4, 0.5) is 0 Å². The van der Waals surface area contributed by atoms with Gasteiger partial charge < -0.3 is 14.2 Å². The summed E-state index contributed by atoms with van der Waals surface area (Å²) in [6, 6.07) is 5.84. The molecule has 0 amide bonds. The second-order valence-electron chi connectivity index (χ2n) is 5.14. The van der Waals surface area contributed by atoms with E-state index in [1.54, 1.807) is 0 Å². The van der Waals surface area contributed by atoms with Crippen LogP contribution < -0.4 is 0 Å². The fourth-order valence-corrected chi connectivity index (χ4v) is 2.57. The fraction of sp³-hybridized carbons (Fsp3) is 0.533. The molecule has 0 unspecified atom stereocenters. The second kappa shape index (κ2) is 7.99. The van der Waals surface area contributed by atoms with Crippen molar-refractivity contribution < 1.29 is 4.74 Å². The summed E-state index contributed by atoms with van der Waals surface area (Å²) in [5.74, 6) is 1.51. The number of alkyl halides is 1. The van der Waals surface area contributed by atoms with E-state index in [0.717, 1.165) is 43.0 Å². The van der Waals surface area contributed by atoms with Gasteiger partial charge in [0.2, 0.25) is 0 Å². The molecule has 1 heterocycles. The number of aryl methyl sites for hydroxylation is 1. The lowest BCUT2D eigenvalue weighted by atomic mass is 10.3. The monoisotopic (exact) mass is 329 g/mol. The molecule has 0 bridgehead atoms. The largest absolute Gasteiger partial charge is 0.378 e. The van der Waals surface area contributed by atoms with Gasteiger partial charge in [0.15, 0.2) is 0 Å². The van der Waals surface area contributed by atoms with E-state index in [4.69, 9.17) is 27.9 Å². The van der Waals surface area contributed by atoms with Crippen LogP contribution in [0, 0.1) is 0 Å². The molecule has 0 radical (unpaired) electrons. The Bertz CT molecular complexity index is 584. The lowest BCUT2D eigenvalue weighted by Gasteiger charge is -2.12. The third-order valence-electron chi connectivity index (χ3n) is 3.27. The molecule has 2 aromatic rings. The summed E-state index contributed by atoms with van der Waals surface area (Å²) < 4.78 is 7.83. The van der Waals surface area contributed by atoms with Crippen molar-refractivity contribution in [1.82, 2.24) is 14.5 Å². The molecule has 4 nitrogen and oxygen atoms in total. The van der Waals surface area contributed by atoms with Gasteiger partial charge in [-0.15, -0.1) is 11.6 Å². The van der Waals surface area contributed by atoms with E-state index in [2.05, 4.69) is 14.5 Å². The van der Waals surface area contributed by atoms with Crippen molar-refractivity contribution in [3.05, 3.63) is 29.0 Å². The number of hydrogen-bond donors (Lipinski definition) is 0. The number of aromatic nitrogens is 2. The second-order valence-corrected chi connectivity index (χ2v) is 5.93. The zero-order chi connectivity index (χ0) is 15.2. The SMILES string of the molecule is CN(C)CCOCCn1c(CCCl)nc2c(Cl)cccc21. The molecule has 0 aliphatic heterocycles. The summed E-state index contributed by atoms with van der Waals surface area (Å²) >= 11 is 12.1. The summed E-state index contributed by atoms with van der Waals surface area (Å²) in [5, 5.41) is 0.676. The van der Waals surface area contributed by atoms with Crippen molar-refractivity contribution in [2.24, 2.45) is 0 Å². The lowest BCUT2D eigenvalue weighted by Crippen LogP contribution is -2.19. The minimum absolute atomic E-state index is 0.544. The predicted octanol–water partition coefficient (Wildman–Crippen LogP) is 3.05. The topological polar surface area (TPSA) is 30.3 Å². The van der Waals surface area contributed by atoms with Crippen LogP contribution in [-0.2, 0) is 17.7 Å². The van der Waals surface area contributed by atoms with Crippen LogP contribution >= 0.6 is 23.2 Å². The van der Waals surface area contributed by atoms with Crippen LogP contribution in [0.2, 0.25) is 5.02 Å². The van der Waals surface area contributed by atoms with E-state index < -0.39 is 0 Å². The minimum Gasteiger partial charge on any atom is -0.378 e. The van der Waals surface area contributed by atoms with Crippen molar-refractivity contribution in [2.45, 2.75) is 13.0 Å². The average molecular weight is 330 g/mol. The number of imidazole rings is 1. The summed E-state index contributed by atoms with van der Waals surface area (Å²) in [5.41, 5.74) is 1.88. The van der Waals surface area contributed by atoms with Crippen LogP contribution in [0.15, 0.2) is 18.2 Å². The molecule has 0 fully saturated rings. The highest BCUT2D eigenvalue weighted by molar-refractivity contribution is 6.34. The van der Waals surface area contributed by atoms with Gasteiger partial charge in [-0.1, -0.05) is 17.7 Å². The molecular weight excluding hydrogens is 309 g/mol. The molecule has 0 saturated carbocycles. The Morgan fingerprint density at radius 1 is 1.29 bits per heavy atom. The average Bonchev–Trinajstić information content (AvgIpc) is 2.78. The van der Waals surface area contributed by atoms with Crippen LogP contribution in [0.1, 0.15) is 5.82 Å². The van der Waals surface area contributed by atoms with Gasteiger partial charge in [-0.3, -0.25) is 0 Å². The molecule has 116 valence electrons. The number of ether oxygens (including phenoxy) is 1. The van der Waals surface area contributed by atoms with E-state index >= 15 is 0 Å². The summed E-state index contributed by atoms with van der Waals surface area (Å²) in [4.78, 5) is 6.71. The number of nitrogens with zero attached hydrogens (tertiary/aromatic N) is 3. The first-order valence-corrected chi connectivity index (χ1v) is 7.96. The quantitative estimate of drug-likeness (QED) is 0.550. The number of hydrogen-bond acceptors (Lipinski definition) is 3. The first kappa shape index (κ1) is 16.6. The van der Waals surface area contributed by atoms with E-state index in [1.165, 1.54) is 0 Å². The number of rotatable bonds is 8. The third-order valence-corrected chi connectivity index (χ3v) is 3.76. The standard InChI is InChI=1S/C15H21Cl2N3O/c1-19(2)8-10-21-11-9-20-13-5-3-4-12(17)15(13)18-14(20)6-7-16/h3-5H,6-11H2,1-2H3. The Hall–Kier alpha value is -0.810. The maximum atomic E-state index is 6.22.